The van der Waals surface area contributed by atoms with Crippen LogP contribution < -0.4 is 0 Å². The largest absolute Gasteiger partial charge is 0.346 e. The van der Waals surface area contributed by atoms with E-state index in [1.165, 1.54) is 13.8 Å². The van der Waals surface area contributed by atoms with Gasteiger partial charge in [0.15, 0.2) is 5.41 Å². The minimum absolute atomic E-state index is 0.912. The van der Waals surface area contributed by atoms with Crippen LogP contribution in [-0.4, -0.2) is 11.9 Å². The van der Waals surface area contributed by atoms with Crippen LogP contribution in [0.3, 0.4) is 0 Å². The van der Waals surface area contributed by atoms with Gasteiger partial charge in [-0.3, -0.25) is 0 Å². The quantitative estimate of drug-likeness (QED) is 0.633. The van der Waals surface area contributed by atoms with Gasteiger partial charge in [0, 0.05) is 0 Å². The third kappa shape index (κ3) is 2.24. The van der Waals surface area contributed by atoms with Crippen molar-refractivity contribution in [2.75, 3.05) is 0 Å². The maximum Gasteiger partial charge on any atom is 0.341 e. The van der Waals surface area contributed by atoms with Gasteiger partial charge in [-0.1, -0.05) is 0 Å². The first-order valence-electron chi connectivity index (χ1n) is 2.63. The lowest BCUT2D eigenvalue weighted by Crippen LogP contribution is -2.33. The van der Waals surface area contributed by atoms with Crippen molar-refractivity contribution in [3.05, 3.63) is 0 Å². The number of hydrogen-bond acceptors (Lipinski definition) is 4. The van der Waals surface area contributed by atoms with E-state index in [2.05, 4.69) is 8.58 Å². The summed E-state index contributed by atoms with van der Waals surface area (Å²) in [4.78, 5) is 21.4. The van der Waals surface area contributed by atoms with Gasteiger partial charge in [0.25, 0.3) is 0 Å². The molecule has 0 bridgehead atoms. The third-order valence-corrected chi connectivity index (χ3v) is 1.44. The Bertz CT molecular complexity index is 159. The van der Waals surface area contributed by atoms with Gasteiger partial charge in [0.1, 0.15) is 23.7 Å². The minimum atomic E-state index is -1.47. The molecule has 0 aliphatic rings. The fourth-order valence-corrected chi connectivity index (χ4v) is 0.662. The molecule has 0 N–H and O–H groups in total. The normalized spacial score (nSPS) is 10.5. The van der Waals surface area contributed by atoms with Crippen molar-refractivity contribution in [3.8, 4) is 0 Å². The smallest absolute Gasteiger partial charge is 0.341 e. The molecule has 4 nitrogen and oxygen atoms in total. The number of hydrogen-bond donors (Lipinski definition) is 0. The molecule has 0 heterocycles. The molecule has 0 atom stereocenters. The molecule has 0 saturated heterocycles. The summed E-state index contributed by atoms with van der Waals surface area (Å²) < 4.78 is 7.62. The van der Waals surface area contributed by atoms with Gasteiger partial charge in [0.05, 0.1) is 0 Å². The predicted octanol–water partition coefficient (Wildman–Crippen LogP) is 1.41. The van der Waals surface area contributed by atoms with Crippen LogP contribution in [-0.2, 0) is 18.2 Å². The third-order valence-electron chi connectivity index (χ3n) is 1.16. The summed E-state index contributed by atoms with van der Waals surface area (Å²) >= 11 is 9.47. The van der Waals surface area contributed by atoms with Gasteiger partial charge < -0.3 is 8.58 Å². The Morgan fingerprint density at radius 2 is 1.36 bits per heavy atom. The molecule has 0 aliphatic carbocycles. The van der Waals surface area contributed by atoms with E-state index >= 15 is 0 Å². The average molecular weight is 201 g/mol. The van der Waals surface area contributed by atoms with E-state index < -0.39 is 17.4 Å². The summed E-state index contributed by atoms with van der Waals surface area (Å²) in [6.07, 6.45) is 0. The van der Waals surface area contributed by atoms with Gasteiger partial charge in [-0.25, -0.2) is 9.59 Å². The minimum Gasteiger partial charge on any atom is -0.346 e. The SMILES string of the molecule is CC(C)(C(=O)OCl)C(=O)OCl. The molecular formula is C5H6Cl2O4. The molecule has 0 amide bonds. The molecule has 0 rings (SSSR count). The van der Waals surface area contributed by atoms with E-state index in [0.717, 1.165) is 0 Å². The van der Waals surface area contributed by atoms with Crippen LogP contribution in [0.4, 0.5) is 0 Å². The molecule has 11 heavy (non-hydrogen) atoms. The van der Waals surface area contributed by atoms with Crippen LogP contribution in [0, 0.1) is 5.41 Å². The zero-order chi connectivity index (χ0) is 9.07. The number of carbonyl (C=O) groups is 2. The van der Waals surface area contributed by atoms with Crippen LogP contribution in [0.5, 0.6) is 0 Å². The Morgan fingerprint density at radius 1 is 1.09 bits per heavy atom. The predicted molar refractivity (Wildman–Crippen MR) is 37.7 cm³/mol. The van der Waals surface area contributed by atoms with Crippen molar-refractivity contribution in [1.29, 1.82) is 0 Å². The number of carbonyl (C=O) groups excluding carboxylic acids is 2. The monoisotopic (exact) mass is 200 g/mol. The van der Waals surface area contributed by atoms with Crippen molar-refractivity contribution >= 4 is 35.7 Å². The van der Waals surface area contributed by atoms with Gasteiger partial charge in [0.2, 0.25) is 0 Å². The Hall–Kier alpha value is -0.480. The van der Waals surface area contributed by atoms with Crippen molar-refractivity contribution in [1.82, 2.24) is 0 Å². The van der Waals surface area contributed by atoms with Crippen molar-refractivity contribution in [2.24, 2.45) is 5.41 Å². The molecule has 0 aliphatic heterocycles. The highest BCUT2D eigenvalue weighted by atomic mass is 35.5. The van der Waals surface area contributed by atoms with Gasteiger partial charge in [-0.2, -0.15) is 0 Å². The number of halogens is 2. The molecule has 0 spiro atoms. The molecule has 0 radical (unpaired) electrons. The Kier molecular flexibility index (Phi) is 3.62. The average Bonchev–Trinajstić information content (AvgIpc) is 2.01. The van der Waals surface area contributed by atoms with Gasteiger partial charge in [-0.05, 0) is 13.8 Å². The van der Waals surface area contributed by atoms with Gasteiger partial charge >= 0.3 is 11.9 Å². The highest BCUT2D eigenvalue weighted by molar-refractivity contribution is 6.19. The van der Waals surface area contributed by atoms with E-state index in [-0.39, 0.29) is 0 Å². The lowest BCUT2D eigenvalue weighted by atomic mass is 9.95. The molecule has 0 aromatic rings. The van der Waals surface area contributed by atoms with Crippen molar-refractivity contribution in [3.63, 3.8) is 0 Å². The Labute approximate surface area is 73.7 Å². The summed E-state index contributed by atoms with van der Waals surface area (Å²) in [7, 11) is 0. The fraction of sp³-hybridized carbons (Fsp3) is 0.600. The summed E-state index contributed by atoms with van der Waals surface area (Å²) in [5.41, 5.74) is -1.47. The molecule has 0 fully saturated rings. The van der Waals surface area contributed by atoms with E-state index in [1.807, 2.05) is 0 Å². The molecule has 0 aromatic carbocycles. The van der Waals surface area contributed by atoms with E-state index in [1.54, 1.807) is 0 Å². The maximum atomic E-state index is 10.7. The van der Waals surface area contributed by atoms with E-state index in [9.17, 15) is 9.59 Å². The zero-order valence-corrected chi connectivity index (χ0v) is 7.40. The first kappa shape index (κ1) is 10.5. The highest BCUT2D eigenvalue weighted by Crippen LogP contribution is 2.20. The molecule has 0 unspecified atom stereocenters. The summed E-state index contributed by atoms with van der Waals surface area (Å²) in [5.74, 6) is -1.82. The highest BCUT2D eigenvalue weighted by Gasteiger charge is 2.39. The molecule has 0 aromatic heterocycles. The van der Waals surface area contributed by atoms with Crippen LogP contribution in [0.15, 0.2) is 0 Å². The van der Waals surface area contributed by atoms with Gasteiger partial charge in [-0.15, -0.1) is 0 Å². The second-order valence-corrected chi connectivity index (χ2v) is 2.66. The summed E-state index contributed by atoms with van der Waals surface area (Å²) in [6, 6.07) is 0. The van der Waals surface area contributed by atoms with E-state index in [4.69, 9.17) is 23.7 Å². The van der Waals surface area contributed by atoms with Crippen molar-refractivity contribution < 1.29 is 18.2 Å². The first-order chi connectivity index (χ1) is 4.96. The zero-order valence-electron chi connectivity index (χ0n) is 5.89. The molecular weight excluding hydrogens is 195 g/mol. The van der Waals surface area contributed by atoms with Crippen LogP contribution >= 0.6 is 23.7 Å². The topological polar surface area (TPSA) is 52.6 Å². The second kappa shape index (κ2) is 3.78. The summed E-state index contributed by atoms with van der Waals surface area (Å²) in [6.45, 7) is 2.56. The van der Waals surface area contributed by atoms with Crippen molar-refractivity contribution in [2.45, 2.75) is 13.8 Å². The fourth-order valence-electron chi connectivity index (χ4n) is 0.276. The Balaban J connectivity index is 4.44. The molecule has 0 saturated carbocycles. The second-order valence-electron chi connectivity index (χ2n) is 2.35. The lowest BCUT2D eigenvalue weighted by Gasteiger charge is -2.14. The van der Waals surface area contributed by atoms with Crippen LogP contribution in [0.25, 0.3) is 0 Å². The van der Waals surface area contributed by atoms with Crippen LogP contribution in [0.2, 0.25) is 0 Å². The lowest BCUT2D eigenvalue weighted by molar-refractivity contribution is -0.157. The Morgan fingerprint density at radius 3 is 1.55 bits per heavy atom. The summed E-state index contributed by atoms with van der Waals surface area (Å²) in [5, 5.41) is 0. The standard InChI is InChI=1S/C5H6Cl2O4/c1-5(2,3(8)10-6)4(9)11-7/h1-2H3. The molecule has 64 valence electrons. The maximum absolute atomic E-state index is 10.7. The first-order valence-corrected chi connectivity index (χ1v) is 3.24. The number of rotatable bonds is 2. The van der Waals surface area contributed by atoms with E-state index in [0.29, 0.717) is 0 Å². The van der Waals surface area contributed by atoms with Crippen LogP contribution in [0.1, 0.15) is 13.8 Å². The molecule has 6 heteroatoms.